The van der Waals surface area contributed by atoms with Crippen LogP contribution in [0.4, 0.5) is 0 Å². The highest BCUT2D eigenvalue weighted by atomic mass is 16.6. The van der Waals surface area contributed by atoms with Gasteiger partial charge >= 0.3 is 17.9 Å². The Labute approximate surface area is 381 Å². The van der Waals surface area contributed by atoms with Crippen LogP contribution in [0.5, 0.6) is 0 Å². The molecule has 0 aromatic rings. The zero-order chi connectivity index (χ0) is 45.8. The van der Waals surface area contributed by atoms with Crippen LogP contribution in [0.15, 0.2) is 12.2 Å². The van der Waals surface area contributed by atoms with E-state index in [1.165, 1.54) is 141 Å². The molecule has 0 rings (SSSR count). The number of aliphatic hydroxyl groups excluding tert-OH is 1. The van der Waals surface area contributed by atoms with Gasteiger partial charge in [-0.3, -0.25) is 14.4 Å². The lowest BCUT2D eigenvalue weighted by Gasteiger charge is -2.29. The van der Waals surface area contributed by atoms with Crippen LogP contribution in [0.1, 0.15) is 290 Å². The number of carbonyl (C=O) groups is 5. The molecule has 0 spiro atoms. The second kappa shape index (κ2) is 43.9. The molecule has 0 amide bonds. The Morgan fingerprint density at radius 1 is 0.435 bits per heavy atom. The maximum atomic E-state index is 14.3. The first kappa shape index (κ1) is 59.6. The van der Waals surface area contributed by atoms with E-state index in [0.29, 0.717) is 25.7 Å². The number of carboxylic acids is 1. The van der Waals surface area contributed by atoms with E-state index in [4.69, 9.17) is 9.84 Å². The summed E-state index contributed by atoms with van der Waals surface area (Å²) >= 11 is 0. The van der Waals surface area contributed by atoms with E-state index < -0.39 is 47.4 Å². The molecule has 1 atom stereocenters. The van der Waals surface area contributed by atoms with Crippen molar-refractivity contribution in [3.8, 4) is 0 Å². The summed E-state index contributed by atoms with van der Waals surface area (Å²) in [5.41, 5.74) is -2.14. The zero-order valence-corrected chi connectivity index (χ0v) is 40.8. The van der Waals surface area contributed by atoms with Crippen LogP contribution < -0.4 is 0 Å². The molecule has 8 nitrogen and oxygen atoms in total. The lowest BCUT2D eigenvalue weighted by atomic mass is 9.72. The predicted molar refractivity (Wildman–Crippen MR) is 257 cm³/mol. The number of allylic oxidation sites excluding steroid dienone is 2. The number of rotatable bonds is 48. The van der Waals surface area contributed by atoms with Gasteiger partial charge in [0, 0.05) is 12.8 Å². The number of hydrogen-bond donors (Lipinski definition) is 2. The highest BCUT2D eigenvalue weighted by Crippen LogP contribution is 2.35. The van der Waals surface area contributed by atoms with Crippen LogP contribution in [0.25, 0.3) is 0 Å². The quantitative estimate of drug-likeness (QED) is 0.0267. The molecule has 0 aliphatic carbocycles. The van der Waals surface area contributed by atoms with Crippen molar-refractivity contribution in [3.63, 3.8) is 0 Å². The number of esters is 2. The molecule has 0 aliphatic rings. The third kappa shape index (κ3) is 33.2. The summed E-state index contributed by atoms with van der Waals surface area (Å²) in [7, 11) is 0. The molecule has 62 heavy (non-hydrogen) atoms. The molecule has 1 unspecified atom stereocenters. The van der Waals surface area contributed by atoms with Crippen molar-refractivity contribution in [2.75, 3.05) is 0 Å². The number of carbonyl (C=O) groups excluding carboxylic acids is 4. The summed E-state index contributed by atoms with van der Waals surface area (Å²) in [6.45, 7) is 6.71. The molecular formula is C54H98O8. The highest BCUT2D eigenvalue weighted by Gasteiger charge is 2.52. The van der Waals surface area contributed by atoms with Gasteiger partial charge in [0.15, 0.2) is 23.1 Å². The van der Waals surface area contributed by atoms with Gasteiger partial charge in [0.2, 0.25) is 0 Å². The fourth-order valence-corrected chi connectivity index (χ4v) is 8.58. The Morgan fingerprint density at radius 2 is 0.726 bits per heavy atom. The Bertz CT molecular complexity index is 1090. The Kier molecular flexibility index (Phi) is 42.2. The number of hydrogen-bond acceptors (Lipinski definition) is 7. The van der Waals surface area contributed by atoms with Gasteiger partial charge in [-0.25, -0.2) is 9.59 Å². The second-order valence-corrected chi connectivity index (χ2v) is 18.5. The Balaban J connectivity index is 5.49. The molecule has 0 radical (unpaired) electrons. The molecule has 0 bridgehead atoms. The number of aliphatic hydroxyl groups is 1. The first-order chi connectivity index (χ1) is 30.2. The minimum absolute atomic E-state index is 0.0342. The van der Waals surface area contributed by atoms with Crippen LogP contribution in [-0.2, 0) is 28.7 Å². The summed E-state index contributed by atoms with van der Waals surface area (Å²) in [4.78, 5) is 66.6. The van der Waals surface area contributed by atoms with Crippen LogP contribution in [0, 0.1) is 5.41 Å². The largest absolute Gasteiger partial charge is 0.481 e. The van der Waals surface area contributed by atoms with E-state index in [-0.39, 0.29) is 19.3 Å². The van der Waals surface area contributed by atoms with Crippen LogP contribution in [0.2, 0.25) is 0 Å². The lowest BCUT2D eigenvalue weighted by molar-refractivity contribution is -0.177. The highest BCUT2D eigenvalue weighted by molar-refractivity contribution is 6.23. The van der Waals surface area contributed by atoms with E-state index in [1.54, 1.807) is 0 Å². The number of carboxylic acid groups (broad SMARTS) is 1. The summed E-state index contributed by atoms with van der Waals surface area (Å²) in [5.74, 6) is -5.13. The van der Waals surface area contributed by atoms with E-state index in [0.717, 1.165) is 77.0 Å². The topological polar surface area (TPSA) is 135 Å². The van der Waals surface area contributed by atoms with Gasteiger partial charge in [0.05, 0.1) is 6.42 Å². The molecule has 0 aliphatic heterocycles. The van der Waals surface area contributed by atoms with Crippen molar-refractivity contribution in [2.24, 2.45) is 5.41 Å². The Hall–Kier alpha value is -2.35. The summed E-state index contributed by atoms with van der Waals surface area (Å²) < 4.78 is 5.09. The third-order valence-corrected chi connectivity index (χ3v) is 12.7. The van der Waals surface area contributed by atoms with E-state index >= 15 is 0 Å². The average Bonchev–Trinajstić information content (AvgIpc) is 3.25. The van der Waals surface area contributed by atoms with Gasteiger partial charge in [-0.1, -0.05) is 238 Å². The number of Topliss-reactive ketones (excluding diaryl/α,β-unsaturated/α-hetero) is 2. The van der Waals surface area contributed by atoms with Gasteiger partial charge < -0.3 is 14.9 Å². The van der Waals surface area contributed by atoms with Gasteiger partial charge in [0.25, 0.3) is 0 Å². The van der Waals surface area contributed by atoms with Crippen LogP contribution in [-0.4, -0.2) is 45.8 Å². The summed E-state index contributed by atoms with van der Waals surface area (Å²) in [6, 6.07) is 0. The first-order valence-electron chi connectivity index (χ1n) is 26.5. The molecule has 2 N–H and O–H groups in total. The van der Waals surface area contributed by atoms with Crippen molar-refractivity contribution in [1.29, 1.82) is 0 Å². The third-order valence-electron chi connectivity index (χ3n) is 12.7. The summed E-state index contributed by atoms with van der Waals surface area (Å²) in [6.07, 6.45) is 44.0. The molecular weight excluding hydrogens is 777 g/mol. The van der Waals surface area contributed by atoms with Crippen LogP contribution in [0.3, 0.4) is 0 Å². The maximum absolute atomic E-state index is 14.3. The fourth-order valence-electron chi connectivity index (χ4n) is 8.58. The van der Waals surface area contributed by atoms with Gasteiger partial charge in [-0.2, -0.15) is 0 Å². The second-order valence-electron chi connectivity index (χ2n) is 18.5. The zero-order valence-electron chi connectivity index (χ0n) is 40.8. The minimum Gasteiger partial charge on any atom is -0.481 e. The Morgan fingerprint density at radius 3 is 1.05 bits per heavy atom. The van der Waals surface area contributed by atoms with E-state index in [9.17, 15) is 29.1 Å². The minimum atomic E-state index is -2.14. The summed E-state index contributed by atoms with van der Waals surface area (Å²) in [5, 5.41) is 19.3. The van der Waals surface area contributed by atoms with Gasteiger partial charge in [-0.15, -0.1) is 0 Å². The lowest BCUT2D eigenvalue weighted by Crippen LogP contribution is -2.49. The predicted octanol–water partition coefficient (Wildman–Crippen LogP) is 15.6. The molecule has 8 heteroatoms. The van der Waals surface area contributed by atoms with Crippen LogP contribution >= 0.6 is 0 Å². The first-order valence-corrected chi connectivity index (χ1v) is 26.5. The molecule has 0 saturated heterocycles. The number of ketones is 2. The van der Waals surface area contributed by atoms with E-state index in [1.807, 2.05) is 0 Å². The normalized spacial score (nSPS) is 12.3. The van der Waals surface area contributed by atoms with Crippen molar-refractivity contribution in [2.45, 2.75) is 297 Å². The monoisotopic (exact) mass is 875 g/mol. The molecule has 0 aromatic heterocycles. The maximum Gasteiger partial charge on any atom is 0.343 e. The molecule has 0 aromatic carbocycles. The van der Waals surface area contributed by atoms with Crippen molar-refractivity contribution in [1.82, 2.24) is 0 Å². The number of unbranched alkanes of at least 4 members (excludes halogenated alkanes) is 34. The molecule has 0 heterocycles. The van der Waals surface area contributed by atoms with Crippen molar-refractivity contribution < 1.29 is 38.9 Å². The standard InChI is InChI=1S/C54H98O8/c1-4-7-10-13-16-19-22-25-28-31-34-37-40-43-46-54(53(61)62-52(60)48(55)47-51(58)59,49(56)44-41-38-35-32-29-26-23-20-17-14-11-8-5-2)50(57)45-42-39-36-33-30-27-24-21-18-15-12-9-6-3/h25,28,48,55H,4-24,26-27,29-47H2,1-3H3,(H,58,59). The average molecular weight is 875 g/mol. The number of aliphatic carboxylic acids is 1. The SMILES string of the molecule is CCCCCCCCC=CCCCCCCC(C(=O)CCCCCCCCCCCCCCC)(C(=O)CCCCCCCCCCCCCCC)C(=O)OC(=O)C(O)CC(=O)O. The molecule has 0 saturated carbocycles. The van der Waals surface area contributed by atoms with Gasteiger partial charge in [0.1, 0.15) is 0 Å². The van der Waals surface area contributed by atoms with E-state index in [2.05, 4.69) is 32.9 Å². The van der Waals surface area contributed by atoms with Crippen molar-refractivity contribution >= 4 is 29.5 Å². The smallest absolute Gasteiger partial charge is 0.343 e. The van der Waals surface area contributed by atoms with Gasteiger partial charge in [-0.05, 0) is 44.9 Å². The van der Waals surface area contributed by atoms with Crippen molar-refractivity contribution in [3.05, 3.63) is 12.2 Å². The fraction of sp³-hybridized carbons (Fsp3) is 0.870. The number of ether oxygens (including phenoxy) is 1. The molecule has 0 fully saturated rings. The molecule has 362 valence electrons.